The minimum absolute atomic E-state index is 0.0113. The first-order valence-corrected chi connectivity index (χ1v) is 8.10. The van der Waals surface area contributed by atoms with E-state index in [1.54, 1.807) is 12.1 Å². The van der Waals surface area contributed by atoms with Crippen molar-refractivity contribution < 1.29 is 24.5 Å². The van der Waals surface area contributed by atoms with Crippen LogP contribution < -0.4 is 10.1 Å². The number of carboxylic acids is 1. The average molecular weight is 363 g/mol. The Labute approximate surface area is 155 Å². The van der Waals surface area contributed by atoms with Gasteiger partial charge in [0.25, 0.3) is 5.91 Å². The van der Waals surface area contributed by atoms with Crippen LogP contribution in [0.15, 0.2) is 66.7 Å². The molecular formula is C21H17NO5. The third-order valence-corrected chi connectivity index (χ3v) is 4.05. The highest BCUT2D eigenvalue weighted by Gasteiger charge is 2.17. The molecule has 3 aromatic rings. The molecule has 6 nitrogen and oxygen atoms in total. The molecule has 0 bridgehead atoms. The lowest BCUT2D eigenvalue weighted by molar-refractivity contribution is 0.0698. The van der Waals surface area contributed by atoms with Crippen molar-refractivity contribution in [2.24, 2.45) is 0 Å². The molecule has 3 N–H and O–H groups in total. The molecule has 0 saturated heterocycles. The Morgan fingerprint density at radius 3 is 2.22 bits per heavy atom. The van der Waals surface area contributed by atoms with Crippen molar-refractivity contribution in [2.75, 3.05) is 12.4 Å². The van der Waals surface area contributed by atoms with Crippen LogP contribution in [0.3, 0.4) is 0 Å². The second-order valence-corrected chi connectivity index (χ2v) is 5.77. The topological polar surface area (TPSA) is 95.9 Å². The molecule has 3 aromatic carbocycles. The number of benzene rings is 3. The molecule has 1 amide bonds. The van der Waals surface area contributed by atoms with Gasteiger partial charge in [-0.3, -0.25) is 4.79 Å². The molecule has 0 saturated carbocycles. The van der Waals surface area contributed by atoms with Gasteiger partial charge in [0.2, 0.25) is 0 Å². The molecule has 0 radical (unpaired) electrons. The molecule has 136 valence electrons. The highest BCUT2D eigenvalue weighted by atomic mass is 16.5. The first-order chi connectivity index (χ1) is 13.0. The number of methoxy groups -OCH3 is 1. The molecule has 0 spiro atoms. The van der Waals surface area contributed by atoms with E-state index in [9.17, 15) is 19.8 Å². The molecule has 0 aromatic heterocycles. The van der Waals surface area contributed by atoms with E-state index in [1.165, 1.54) is 31.4 Å². The number of carbonyl (C=O) groups is 2. The number of aromatic hydroxyl groups is 1. The Bertz CT molecular complexity index is 999. The Morgan fingerprint density at radius 1 is 0.889 bits per heavy atom. The number of rotatable bonds is 5. The van der Waals surface area contributed by atoms with Gasteiger partial charge >= 0.3 is 5.97 Å². The molecule has 0 atom stereocenters. The molecule has 3 rings (SSSR count). The second-order valence-electron chi connectivity index (χ2n) is 5.77. The zero-order valence-electron chi connectivity index (χ0n) is 14.5. The molecule has 0 aliphatic carbocycles. The average Bonchev–Trinajstić information content (AvgIpc) is 2.68. The highest BCUT2D eigenvalue weighted by Crippen LogP contribution is 2.28. The fraction of sp³-hybridized carbons (Fsp3) is 0.0476. The van der Waals surface area contributed by atoms with E-state index in [0.29, 0.717) is 5.75 Å². The zero-order valence-corrected chi connectivity index (χ0v) is 14.5. The van der Waals surface area contributed by atoms with Crippen molar-refractivity contribution >= 4 is 17.6 Å². The summed E-state index contributed by atoms with van der Waals surface area (Å²) in [5.74, 6) is -1.64. The van der Waals surface area contributed by atoms with Gasteiger partial charge in [0.1, 0.15) is 11.5 Å². The summed E-state index contributed by atoms with van der Waals surface area (Å²) in [4.78, 5) is 24.1. The maximum Gasteiger partial charge on any atom is 0.337 e. The van der Waals surface area contributed by atoms with Gasteiger partial charge in [0.05, 0.1) is 23.9 Å². The van der Waals surface area contributed by atoms with Gasteiger partial charge in [-0.25, -0.2) is 4.79 Å². The minimum Gasteiger partial charge on any atom is -0.507 e. The summed E-state index contributed by atoms with van der Waals surface area (Å²) in [7, 11) is 1.45. The Balaban J connectivity index is 1.97. The van der Waals surface area contributed by atoms with Crippen LogP contribution >= 0.6 is 0 Å². The Hall–Kier alpha value is -3.80. The van der Waals surface area contributed by atoms with Crippen LogP contribution in [0, 0.1) is 0 Å². The lowest BCUT2D eigenvalue weighted by Crippen LogP contribution is -2.15. The molecular weight excluding hydrogens is 346 g/mol. The van der Waals surface area contributed by atoms with Crippen LogP contribution in [0.5, 0.6) is 11.5 Å². The monoisotopic (exact) mass is 363 g/mol. The third kappa shape index (κ3) is 3.90. The summed E-state index contributed by atoms with van der Waals surface area (Å²) in [6, 6.07) is 18.4. The van der Waals surface area contributed by atoms with Gasteiger partial charge in [-0.1, -0.05) is 36.4 Å². The summed E-state index contributed by atoms with van der Waals surface area (Å²) < 4.78 is 4.99. The van der Waals surface area contributed by atoms with Crippen molar-refractivity contribution in [3.8, 4) is 22.6 Å². The van der Waals surface area contributed by atoms with Crippen LogP contribution in [0.4, 0.5) is 5.69 Å². The molecule has 6 heteroatoms. The largest absolute Gasteiger partial charge is 0.507 e. The van der Waals surface area contributed by atoms with Gasteiger partial charge in [0.15, 0.2) is 0 Å². The van der Waals surface area contributed by atoms with E-state index in [0.717, 1.165) is 11.1 Å². The van der Waals surface area contributed by atoms with E-state index in [-0.39, 0.29) is 22.6 Å². The van der Waals surface area contributed by atoms with Crippen molar-refractivity contribution in [1.82, 2.24) is 0 Å². The van der Waals surface area contributed by atoms with Crippen LogP contribution in [-0.4, -0.2) is 29.2 Å². The summed E-state index contributed by atoms with van der Waals surface area (Å²) in [5, 5.41) is 22.0. The fourth-order valence-electron chi connectivity index (χ4n) is 2.66. The molecule has 0 fully saturated rings. The quantitative estimate of drug-likeness (QED) is 0.636. The van der Waals surface area contributed by atoms with Gasteiger partial charge in [-0.2, -0.15) is 0 Å². The summed E-state index contributed by atoms with van der Waals surface area (Å²) in [6.07, 6.45) is 0. The SMILES string of the molecule is COc1ccc(C(=O)Nc2cc(-c3ccccc3)ccc2C(=O)O)c(O)c1. The number of anilines is 1. The Kier molecular flexibility index (Phi) is 5.08. The number of phenolic OH excluding ortho intramolecular Hbond substituents is 1. The van der Waals surface area contributed by atoms with Crippen LogP contribution in [0.2, 0.25) is 0 Å². The number of amides is 1. The van der Waals surface area contributed by atoms with Crippen molar-refractivity contribution in [3.63, 3.8) is 0 Å². The molecule has 0 unspecified atom stereocenters. The number of aromatic carboxylic acids is 1. The lowest BCUT2D eigenvalue weighted by atomic mass is 10.0. The molecule has 27 heavy (non-hydrogen) atoms. The summed E-state index contributed by atoms with van der Waals surface area (Å²) >= 11 is 0. The number of carboxylic acid groups (broad SMARTS) is 1. The van der Waals surface area contributed by atoms with Crippen molar-refractivity contribution in [3.05, 3.63) is 77.9 Å². The third-order valence-electron chi connectivity index (χ3n) is 4.05. The Morgan fingerprint density at radius 2 is 1.59 bits per heavy atom. The molecule has 0 heterocycles. The maximum absolute atomic E-state index is 12.6. The minimum atomic E-state index is -1.16. The second kappa shape index (κ2) is 7.61. The number of phenols is 1. The number of hydrogen-bond acceptors (Lipinski definition) is 4. The molecule has 0 aliphatic rings. The zero-order chi connectivity index (χ0) is 19.4. The number of hydrogen-bond donors (Lipinski definition) is 3. The van der Waals surface area contributed by atoms with Crippen molar-refractivity contribution in [2.45, 2.75) is 0 Å². The van der Waals surface area contributed by atoms with E-state index in [1.807, 2.05) is 30.3 Å². The first kappa shape index (κ1) is 18.0. The van der Waals surface area contributed by atoms with Gasteiger partial charge in [-0.15, -0.1) is 0 Å². The number of carbonyl (C=O) groups excluding carboxylic acids is 1. The lowest BCUT2D eigenvalue weighted by Gasteiger charge is -2.12. The van der Waals surface area contributed by atoms with Crippen molar-refractivity contribution in [1.29, 1.82) is 0 Å². The van der Waals surface area contributed by atoms with Crippen LogP contribution in [-0.2, 0) is 0 Å². The number of nitrogens with one attached hydrogen (secondary N) is 1. The van der Waals surface area contributed by atoms with E-state index in [2.05, 4.69) is 5.32 Å². The van der Waals surface area contributed by atoms with Gasteiger partial charge < -0.3 is 20.3 Å². The van der Waals surface area contributed by atoms with E-state index in [4.69, 9.17) is 4.74 Å². The van der Waals surface area contributed by atoms with Crippen LogP contribution in [0.1, 0.15) is 20.7 Å². The standard InChI is InChI=1S/C21H17NO5/c1-27-15-8-10-17(19(23)12-15)20(24)22-18-11-14(7-9-16(18)21(25)26)13-5-3-2-4-6-13/h2-12,23H,1H3,(H,22,24)(H,25,26). The molecule has 0 aliphatic heterocycles. The van der Waals surface area contributed by atoms with Crippen LogP contribution in [0.25, 0.3) is 11.1 Å². The predicted octanol–water partition coefficient (Wildman–Crippen LogP) is 4.02. The maximum atomic E-state index is 12.6. The van der Waals surface area contributed by atoms with Gasteiger partial charge in [-0.05, 0) is 35.4 Å². The summed E-state index contributed by atoms with van der Waals surface area (Å²) in [6.45, 7) is 0. The fourth-order valence-corrected chi connectivity index (χ4v) is 2.66. The normalized spacial score (nSPS) is 10.3. The number of ether oxygens (including phenoxy) is 1. The smallest absolute Gasteiger partial charge is 0.337 e. The summed E-state index contributed by atoms with van der Waals surface area (Å²) in [5.41, 5.74) is 1.75. The van der Waals surface area contributed by atoms with E-state index < -0.39 is 11.9 Å². The highest BCUT2D eigenvalue weighted by molar-refractivity contribution is 6.09. The van der Waals surface area contributed by atoms with Gasteiger partial charge in [0, 0.05) is 6.07 Å². The predicted molar refractivity (Wildman–Crippen MR) is 101 cm³/mol. The van der Waals surface area contributed by atoms with E-state index >= 15 is 0 Å². The first-order valence-electron chi connectivity index (χ1n) is 8.10.